The second kappa shape index (κ2) is 7.27. The van der Waals surface area contributed by atoms with Crippen LogP contribution in [0, 0.1) is 5.92 Å². The summed E-state index contributed by atoms with van der Waals surface area (Å²) in [5, 5.41) is 4.46. The first-order chi connectivity index (χ1) is 11.8. The summed E-state index contributed by atoms with van der Waals surface area (Å²) in [4.78, 5) is 5.01. The molecule has 0 bridgehead atoms. The summed E-state index contributed by atoms with van der Waals surface area (Å²) in [7, 11) is 1.06. The van der Waals surface area contributed by atoms with E-state index >= 15 is 0 Å². The van der Waals surface area contributed by atoms with Gasteiger partial charge in [-0.15, -0.1) is 0 Å². The minimum absolute atomic E-state index is 0.371. The van der Waals surface area contributed by atoms with Crippen LogP contribution in [-0.2, 0) is 29.5 Å². The predicted octanol–water partition coefficient (Wildman–Crippen LogP) is 1.48. The molecule has 0 spiro atoms. The van der Waals surface area contributed by atoms with E-state index in [0.29, 0.717) is 10.8 Å². The van der Waals surface area contributed by atoms with Gasteiger partial charge in [-0.1, -0.05) is 12.1 Å². The maximum Gasteiger partial charge on any atom is 0.175 e. The number of nitrogens with zero attached hydrogens (tertiary/aromatic N) is 4. The van der Waals surface area contributed by atoms with Gasteiger partial charge in [-0.3, -0.25) is 9.58 Å². The van der Waals surface area contributed by atoms with Gasteiger partial charge in [0.25, 0.3) is 0 Å². The van der Waals surface area contributed by atoms with Crippen LogP contribution in [0.1, 0.15) is 11.3 Å². The molecule has 0 saturated carbocycles. The summed E-state index contributed by atoms with van der Waals surface area (Å²) < 4.78 is 25.3. The van der Waals surface area contributed by atoms with E-state index in [-0.39, 0.29) is 0 Å². The average molecular weight is 362 g/mol. The van der Waals surface area contributed by atoms with E-state index in [1.165, 1.54) is 11.9 Å². The molecule has 0 N–H and O–H groups in total. The Morgan fingerprint density at radius 1 is 1.16 bits per heavy atom. The third-order valence-electron chi connectivity index (χ3n) is 4.52. The van der Waals surface area contributed by atoms with Crippen molar-refractivity contribution in [3.8, 4) is 0 Å². The number of hydrogen-bond acceptors (Lipinski definition) is 5. The molecular formula is C18H26N4O2S. The Labute approximate surface area is 150 Å². The molecule has 3 rings (SSSR count). The lowest BCUT2D eigenvalue weighted by Gasteiger charge is -2.25. The summed E-state index contributed by atoms with van der Waals surface area (Å²) in [5.74, 6) is 0.506. The number of sulfone groups is 1. The normalized spacial score (nSPS) is 19.0. The van der Waals surface area contributed by atoms with Crippen molar-refractivity contribution in [2.75, 3.05) is 33.4 Å². The predicted molar refractivity (Wildman–Crippen MR) is 97.9 cm³/mol. The monoisotopic (exact) mass is 362 g/mol. The highest BCUT2D eigenvalue weighted by molar-refractivity contribution is 7.90. The average Bonchev–Trinajstić information content (AvgIpc) is 2.86. The first kappa shape index (κ1) is 18.1. The highest BCUT2D eigenvalue weighted by Gasteiger charge is 2.23. The summed E-state index contributed by atoms with van der Waals surface area (Å²) in [6, 6.07) is 9.31. The summed E-state index contributed by atoms with van der Waals surface area (Å²) in [5.41, 5.74) is 2.36. The Bertz CT molecular complexity index is 812. The van der Waals surface area contributed by atoms with Crippen molar-refractivity contribution in [3.05, 3.63) is 47.8 Å². The third kappa shape index (κ3) is 4.68. The van der Waals surface area contributed by atoms with Crippen molar-refractivity contribution in [1.82, 2.24) is 19.6 Å². The van der Waals surface area contributed by atoms with Gasteiger partial charge in [-0.05, 0) is 37.9 Å². The lowest BCUT2D eigenvalue weighted by atomic mass is 10.1. The molecule has 25 heavy (non-hydrogen) atoms. The molecule has 2 aromatic rings. The number of rotatable bonds is 5. The lowest BCUT2D eigenvalue weighted by Crippen LogP contribution is -2.33. The van der Waals surface area contributed by atoms with Gasteiger partial charge in [0.15, 0.2) is 9.84 Å². The molecule has 0 aliphatic carbocycles. The quantitative estimate of drug-likeness (QED) is 0.806. The van der Waals surface area contributed by atoms with E-state index in [9.17, 15) is 8.42 Å². The topological polar surface area (TPSA) is 58.4 Å². The van der Waals surface area contributed by atoms with Gasteiger partial charge in [0.1, 0.15) is 0 Å². The van der Waals surface area contributed by atoms with Gasteiger partial charge in [-0.2, -0.15) is 5.10 Å². The van der Waals surface area contributed by atoms with Crippen LogP contribution >= 0.6 is 0 Å². The zero-order valence-electron chi connectivity index (χ0n) is 15.1. The van der Waals surface area contributed by atoms with Crippen molar-refractivity contribution in [1.29, 1.82) is 0 Å². The van der Waals surface area contributed by atoms with E-state index < -0.39 is 9.84 Å². The Morgan fingerprint density at radius 3 is 2.52 bits per heavy atom. The van der Waals surface area contributed by atoms with E-state index in [0.717, 1.165) is 38.3 Å². The molecule has 7 heteroatoms. The highest BCUT2D eigenvalue weighted by Crippen LogP contribution is 2.19. The first-order valence-corrected chi connectivity index (χ1v) is 10.4. The van der Waals surface area contributed by atoms with Gasteiger partial charge >= 0.3 is 0 Å². The van der Waals surface area contributed by atoms with Crippen molar-refractivity contribution in [2.45, 2.75) is 24.5 Å². The number of fused-ring (bicyclic) bond motifs is 1. The van der Waals surface area contributed by atoms with Crippen molar-refractivity contribution < 1.29 is 8.42 Å². The van der Waals surface area contributed by atoms with E-state index in [1.807, 2.05) is 18.3 Å². The molecule has 1 aromatic heterocycles. The second-order valence-electron chi connectivity index (χ2n) is 7.22. The van der Waals surface area contributed by atoms with E-state index in [2.05, 4.69) is 39.7 Å². The molecule has 2 heterocycles. The fourth-order valence-corrected chi connectivity index (χ4v) is 4.10. The van der Waals surface area contributed by atoms with E-state index in [4.69, 9.17) is 0 Å². The van der Waals surface area contributed by atoms with E-state index in [1.54, 1.807) is 12.1 Å². The fourth-order valence-electron chi connectivity index (χ4n) is 3.47. The largest absolute Gasteiger partial charge is 0.309 e. The Balaban J connectivity index is 1.76. The SMILES string of the molecule is CN(C)C[C@@H]1CN(Cc2ccc(S(C)(=O)=O)cc2)Cc2ccnn2C1. The van der Waals surface area contributed by atoms with Crippen molar-refractivity contribution >= 4 is 9.84 Å². The highest BCUT2D eigenvalue weighted by atomic mass is 32.2. The standard InChI is InChI=1S/C18H26N4O2S/c1-20(2)10-16-12-21(14-17-8-9-19-22(17)13-16)11-15-4-6-18(7-5-15)25(3,23)24/h4-9,16H,10-14H2,1-3H3/t16-/m1/s1. The number of aromatic nitrogens is 2. The van der Waals surface area contributed by atoms with Crippen LogP contribution < -0.4 is 0 Å². The van der Waals surface area contributed by atoms with Crippen LogP contribution in [0.25, 0.3) is 0 Å². The minimum Gasteiger partial charge on any atom is -0.309 e. The van der Waals surface area contributed by atoms with Crippen LogP contribution in [0.15, 0.2) is 41.4 Å². The zero-order chi connectivity index (χ0) is 18.0. The molecule has 136 valence electrons. The van der Waals surface area contributed by atoms with Crippen LogP contribution in [0.3, 0.4) is 0 Å². The summed E-state index contributed by atoms with van der Waals surface area (Å²) >= 11 is 0. The van der Waals surface area contributed by atoms with Gasteiger partial charge < -0.3 is 4.90 Å². The molecule has 0 saturated heterocycles. The first-order valence-electron chi connectivity index (χ1n) is 8.48. The van der Waals surface area contributed by atoms with Crippen molar-refractivity contribution in [3.63, 3.8) is 0 Å². The van der Waals surface area contributed by atoms with Crippen LogP contribution in [0.4, 0.5) is 0 Å². The van der Waals surface area contributed by atoms with Crippen molar-refractivity contribution in [2.24, 2.45) is 5.92 Å². The fraction of sp³-hybridized carbons (Fsp3) is 0.500. The molecule has 1 aliphatic heterocycles. The second-order valence-corrected chi connectivity index (χ2v) is 9.23. The smallest absolute Gasteiger partial charge is 0.175 e. The van der Waals surface area contributed by atoms with Gasteiger partial charge in [0, 0.05) is 51.1 Å². The van der Waals surface area contributed by atoms with Gasteiger partial charge in [0.2, 0.25) is 0 Å². The third-order valence-corrected chi connectivity index (χ3v) is 5.65. The molecule has 0 unspecified atom stereocenters. The van der Waals surface area contributed by atoms with Crippen LogP contribution in [-0.4, -0.2) is 61.4 Å². The van der Waals surface area contributed by atoms with Gasteiger partial charge in [0.05, 0.1) is 10.6 Å². The Kier molecular flexibility index (Phi) is 5.27. The van der Waals surface area contributed by atoms with Crippen LogP contribution in [0.5, 0.6) is 0 Å². The lowest BCUT2D eigenvalue weighted by molar-refractivity contribution is 0.193. The molecule has 0 amide bonds. The Morgan fingerprint density at radius 2 is 1.88 bits per heavy atom. The maximum absolute atomic E-state index is 11.6. The Hall–Kier alpha value is -1.70. The van der Waals surface area contributed by atoms with Gasteiger partial charge in [-0.25, -0.2) is 8.42 Å². The zero-order valence-corrected chi connectivity index (χ0v) is 15.9. The summed E-state index contributed by atoms with van der Waals surface area (Å²) in [6.45, 7) is 4.61. The molecule has 1 aliphatic rings. The molecule has 1 aromatic carbocycles. The molecular weight excluding hydrogens is 336 g/mol. The molecule has 6 nitrogen and oxygen atoms in total. The molecule has 0 fully saturated rings. The number of hydrogen-bond donors (Lipinski definition) is 0. The summed E-state index contributed by atoms with van der Waals surface area (Å²) in [6.07, 6.45) is 3.11. The minimum atomic E-state index is -3.14. The molecule has 1 atom stereocenters. The number of benzene rings is 1. The molecule has 0 radical (unpaired) electrons. The van der Waals surface area contributed by atoms with Crippen LogP contribution in [0.2, 0.25) is 0 Å². The maximum atomic E-state index is 11.6.